The third-order valence-corrected chi connectivity index (χ3v) is 3.85. The number of benzene rings is 1. The minimum atomic E-state index is -0.138. The number of hydrogen-bond donors (Lipinski definition) is 2. The van der Waals surface area contributed by atoms with Gasteiger partial charge in [0, 0.05) is 11.3 Å². The van der Waals surface area contributed by atoms with Crippen LogP contribution in [0.4, 0.5) is 5.69 Å². The molecular weight excluding hydrogens is 282 g/mol. The van der Waals surface area contributed by atoms with Crippen LogP contribution in [0.3, 0.4) is 0 Å². The number of nitrogens with zero attached hydrogens (tertiary/aromatic N) is 1. The van der Waals surface area contributed by atoms with Crippen LogP contribution in [0.25, 0.3) is 0 Å². The first-order chi connectivity index (χ1) is 9.99. The van der Waals surface area contributed by atoms with Crippen LogP contribution in [-0.2, 0) is 0 Å². The first-order valence-corrected chi connectivity index (χ1v) is 7.37. The summed E-state index contributed by atoms with van der Waals surface area (Å²) in [7, 11) is 0. The molecule has 0 aliphatic heterocycles. The number of anilines is 1. The SMILES string of the molecule is Cc1cc(C#CCN)cc(NC(=O)c2sc(C)nc2C)c1. The van der Waals surface area contributed by atoms with Crippen molar-refractivity contribution in [3.63, 3.8) is 0 Å². The zero-order chi connectivity index (χ0) is 15.4. The van der Waals surface area contributed by atoms with Gasteiger partial charge in [0.1, 0.15) is 4.88 Å². The molecule has 0 unspecified atom stereocenters. The normalized spacial score (nSPS) is 9.90. The van der Waals surface area contributed by atoms with Crippen LogP contribution in [0.2, 0.25) is 0 Å². The molecule has 1 heterocycles. The third kappa shape index (κ3) is 3.91. The van der Waals surface area contributed by atoms with Gasteiger partial charge in [0.25, 0.3) is 5.91 Å². The van der Waals surface area contributed by atoms with Gasteiger partial charge in [-0.05, 0) is 44.5 Å². The number of carbonyl (C=O) groups is 1. The molecule has 5 heteroatoms. The quantitative estimate of drug-likeness (QED) is 0.838. The smallest absolute Gasteiger partial charge is 0.267 e. The van der Waals surface area contributed by atoms with Crippen molar-refractivity contribution in [3.8, 4) is 11.8 Å². The standard InChI is InChI=1S/C16H17N3OS/c1-10-7-13(5-4-6-17)9-14(8-10)19-16(20)15-11(2)18-12(3)21-15/h7-9H,6,17H2,1-3H3,(H,19,20). The Labute approximate surface area is 128 Å². The first kappa shape index (κ1) is 15.2. The first-order valence-electron chi connectivity index (χ1n) is 6.55. The Morgan fingerprint density at radius 2 is 2.10 bits per heavy atom. The van der Waals surface area contributed by atoms with Gasteiger partial charge in [-0.25, -0.2) is 4.98 Å². The molecule has 0 aliphatic rings. The second kappa shape index (κ2) is 6.53. The highest BCUT2D eigenvalue weighted by atomic mass is 32.1. The summed E-state index contributed by atoms with van der Waals surface area (Å²) < 4.78 is 0. The summed E-state index contributed by atoms with van der Waals surface area (Å²) in [6, 6.07) is 5.71. The lowest BCUT2D eigenvalue weighted by Crippen LogP contribution is -2.11. The van der Waals surface area contributed by atoms with E-state index >= 15 is 0 Å². The number of carbonyl (C=O) groups excluding carboxylic acids is 1. The summed E-state index contributed by atoms with van der Waals surface area (Å²) in [5.41, 5.74) is 8.74. The third-order valence-electron chi connectivity index (χ3n) is 2.78. The zero-order valence-electron chi connectivity index (χ0n) is 12.3. The fourth-order valence-corrected chi connectivity index (χ4v) is 2.83. The number of nitrogens with two attached hydrogens (primary N) is 1. The van der Waals surface area contributed by atoms with Crippen molar-refractivity contribution in [1.29, 1.82) is 0 Å². The van der Waals surface area contributed by atoms with E-state index in [9.17, 15) is 4.79 Å². The maximum Gasteiger partial charge on any atom is 0.267 e. The molecule has 21 heavy (non-hydrogen) atoms. The Hall–Kier alpha value is -2.16. The van der Waals surface area contributed by atoms with Gasteiger partial charge >= 0.3 is 0 Å². The van der Waals surface area contributed by atoms with Crippen LogP contribution in [0.15, 0.2) is 18.2 Å². The molecule has 1 aromatic carbocycles. The highest BCUT2D eigenvalue weighted by molar-refractivity contribution is 7.13. The summed E-state index contributed by atoms with van der Waals surface area (Å²) in [6.45, 7) is 6.01. The number of hydrogen-bond acceptors (Lipinski definition) is 4. The van der Waals surface area contributed by atoms with Crippen molar-refractivity contribution >= 4 is 22.9 Å². The van der Waals surface area contributed by atoms with E-state index in [0.717, 1.165) is 27.5 Å². The number of amides is 1. The molecule has 3 N–H and O–H groups in total. The van der Waals surface area contributed by atoms with Gasteiger partial charge in [0.05, 0.1) is 17.2 Å². The minimum absolute atomic E-state index is 0.138. The predicted molar refractivity (Wildman–Crippen MR) is 86.7 cm³/mol. The Bertz CT molecular complexity index is 738. The highest BCUT2D eigenvalue weighted by Gasteiger charge is 2.14. The molecule has 1 aromatic heterocycles. The van der Waals surface area contributed by atoms with Crippen molar-refractivity contribution in [1.82, 2.24) is 4.98 Å². The predicted octanol–water partition coefficient (Wildman–Crippen LogP) is 2.63. The Balaban J connectivity index is 2.25. The summed E-state index contributed by atoms with van der Waals surface area (Å²) in [5.74, 6) is 5.65. The second-order valence-corrected chi connectivity index (χ2v) is 5.90. The van der Waals surface area contributed by atoms with Crippen LogP contribution in [0.5, 0.6) is 0 Å². The van der Waals surface area contributed by atoms with Gasteiger partial charge in [-0.2, -0.15) is 0 Å². The molecule has 4 nitrogen and oxygen atoms in total. The molecule has 2 aromatic rings. The van der Waals surface area contributed by atoms with Crippen molar-refractivity contribution in [2.75, 3.05) is 11.9 Å². The lowest BCUT2D eigenvalue weighted by Gasteiger charge is -2.06. The summed E-state index contributed by atoms with van der Waals surface area (Å²) in [4.78, 5) is 17.2. The van der Waals surface area contributed by atoms with Gasteiger partial charge in [0.15, 0.2) is 0 Å². The molecule has 0 spiro atoms. The molecule has 108 valence electrons. The van der Waals surface area contributed by atoms with Gasteiger partial charge in [-0.1, -0.05) is 11.8 Å². The lowest BCUT2D eigenvalue weighted by atomic mass is 10.1. The number of nitrogens with one attached hydrogen (secondary N) is 1. The second-order valence-electron chi connectivity index (χ2n) is 4.70. The average Bonchev–Trinajstić information content (AvgIpc) is 2.75. The number of thiazole rings is 1. The van der Waals surface area contributed by atoms with Crippen LogP contribution in [0.1, 0.15) is 31.5 Å². The monoisotopic (exact) mass is 299 g/mol. The van der Waals surface area contributed by atoms with E-state index in [0.29, 0.717) is 11.4 Å². The summed E-state index contributed by atoms with van der Waals surface area (Å²) in [5, 5.41) is 3.79. The van der Waals surface area contributed by atoms with E-state index in [4.69, 9.17) is 5.73 Å². The van der Waals surface area contributed by atoms with Gasteiger partial charge in [0.2, 0.25) is 0 Å². The molecule has 0 atom stereocenters. The molecule has 1 amide bonds. The van der Waals surface area contributed by atoms with E-state index in [1.54, 1.807) is 0 Å². The topological polar surface area (TPSA) is 68.0 Å². The van der Waals surface area contributed by atoms with E-state index in [2.05, 4.69) is 22.1 Å². The fraction of sp³-hybridized carbons (Fsp3) is 0.250. The Morgan fingerprint density at radius 1 is 1.33 bits per heavy atom. The van der Waals surface area contributed by atoms with Crippen molar-refractivity contribution in [2.24, 2.45) is 5.73 Å². The molecule has 0 saturated heterocycles. The van der Waals surface area contributed by atoms with E-state index in [-0.39, 0.29) is 5.91 Å². The lowest BCUT2D eigenvalue weighted by molar-refractivity contribution is 0.103. The van der Waals surface area contributed by atoms with E-state index in [1.807, 2.05) is 39.0 Å². The van der Waals surface area contributed by atoms with Gasteiger partial charge in [-0.3, -0.25) is 4.79 Å². The van der Waals surface area contributed by atoms with Gasteiger partial charge < -0.3 is 11.1 Å². The molecule has 2 rings (SSSR count). The van der Waals surface area contributed by atoms with E-state index < -0.39 is 0 Å². The Kier molecular flexibility index (Phi) is 4.73. The largest absolute Gasteiger partial charge is 0.321 e. The maximum absolute atomic E-state index is 12.3. The van der Waals surface area contributed by atoms with E-state index in [1.165, 1.54) is 11.3 Å². The van der Waals surface area contributed by atoms with Crippen LogP contribution in [-0.4, -0.2) is 17.4 Å². The maximum atomic E-state index is 12.3. The van der Waals surface area contributed by atoms with Gasteiger partial charge in [-0.15, -0.1) is 11.3 Å². The Morgan fingerprint density at radius 3 is 2.71 bits per heavy atom. The molecular formula is C16H17N3OS. The number of aryl methyl sites for hydroxylation is 3. The van der Waals surface area contributed by atoms with Crippen LogP contribution in [0, 0.1) is 32.6 Å². The molecule has 0 radical (unpaired) electrons. The minimum Gasteiger partial charge on any atom is -0.321 e. The van der Waals surface area contributed by atoms with Crippen LogP contribution >= 0.6 is 11.3 Å². The fourth-order valence-electron chi connectivity index (χ4n) is 2.01. The van der Waals surface area contributed by atoms with Crippen molar-refractivity contribution in [2.45, 2.75) is 20.8 Å². The number of aromatic nitrogens is 1. The average molecular weight is 299 g/mol. The highest BCUT2D eigenvalue weighted by Crippen LogP contribution is 2.20. The number of rotatable bonds is 2. The zero-order valence-corrected chi connectivity index (χ0v) is 13.1. The summed E-state index contributed by atoms with van der Waals surface area (Å²) in [6.07, 6.45) is 0. The van der Waals surface area contributed by atoms with Crippen molar-refractivity contribution in [3.05, 3.63) is 44.9 Å². The molecule has 0 fully saturated rings. The summed E-state index contributed by atoms with van der Waals surface area (Å²) >= 11 is 1.40. The molecule has 0 aliphatic carbocycles. The molecule has 0 bridgehead atoms. The van der Waals surface area contributed by atoms with Crippen LogP contribution < -0.4 is 11.1 Å². The molecule has 0 saturated carbocycles. The van der Waals surface area contributed by atoms with Crippen molar-refractivity contribution < 1.29 is 4.79 Å².